The fourth-order valence-electron chi connectivity index (χ4n) is 3.52. The van der Waals surface area contributed by atoms with E-state index in [2.05, 4.69) is 6.07 Å². The molecule has 0 aromatic heterocycles. The predicted octanol–water partition coefficient (Wildman–Crippen LogP) is 4.64. The lowest BCUT2D eigenvalue weighted by atomic mass is 9.57. The predicted molar refractivity (Wildman–Crippen MR) is 98.4 cm³/mol. The summed E-state index contributed by atoms with van der Waals surface area (Å²) in [5, 5.41) is 10.1. The Labute approximate surface area is 146 Å². The molecule has 4 rings (SSSR count). The second-order valence-electron chi connectivity index (χ2n) is 6.04. The van der Waals surface area contributed by atoms with E-state index in [-0.39, 0.29) is 5.78 Å². The van der Waals surface area contributed by atoms with Crippen molar-refractivity contribution in [1.29, 1.82) is 5.26 Å². The highest BCUT2D eigenvalue weighted by atomic mass is 16.1. The van der Waals surface area contributed by atoms with Crippen LogP contribution in [0.15, 0.2) is 91.0 Å². The van der Waals surface area contributed by atoms with Gasteiger partial charge >= 0.3 is 0 Å². The molecule has 3 aromatic rings. The van der Waals surface area contributed by atoms with Crippen LogP contribution < -0.4 is 0 Å². The first-order valence-electron chi connectivity index (χ1n) is 8.16. The largest absolute Gasteiger partial charge is 0.292 e. The minimum atomic E-state index is -1.24. The van der Waals surface area contributed by atoms with Crippen LogP contribution in [-0.2, 0) is 10.2 Å². The maximum Gasteiger partial charge on any atom is 0.193 e. The number of rotatable bonds is 3. The highest BCUT2D eigenvalue weighted by Crippen LogP contribution is 2.54. The van der Waals surface area contributed by atoms with Crippen LogP contribution >= 0.6 is 0 Å². The third kappa shape index (κ3) is 2.14. The fraction of sp³-hybridized carbons (Fsp3) is 0.0435. The molecule has 0 spiro atoms. The molecule has 0 saturated heterocycles. The molecule has 0 N–H and O–H groups in total. The van der Waals surface area contributed by atoms with Crippen molar-refractivity contribution >= 4 is 16.9 Å². The molecule has 25 heavy (non-hydrogen) atoms. The molecule has 0 aliphatic heterocycles. The molecule has 2 heteroatoms. The molecule has 1 atom stereocenters. The van der Waals surface area contributed by atoms with Crippen LogP contribution in [0.2, 0.25) is 0 Å². The van der Waals surface area contributed by atoms with Crippen LogP contribution in [0.1, 0.15) is 16.7 Å². The first-order valence-corrected chi connectivity index (χ1v) is 8.16. The number of hydrogen-bond donors (Lipinski definition) is 0. The van der Waals surface area contributed by atoms with Crippen molar-refractivity contribution in [3.63, 3.8) is 0 Å². The Kier molecular flexibility index (Phi) is 3.56. The molecule has 1 aliphatic carbocycles. The monoisotopic (exact) mass is 321 g/mol. The van der Waals surface area contributed by atoms with E-state index in [0.717, 1.165) is 22.3 Å². The maximum absolute atomic E-state index is 13.2. The molecule has 1 unspecified atom stereocenters. The van der Waals surface area contributed by atoms with Gasteiger partial charge in [-0.2, -0.15) is 5.26 Å². The van der Waals surface area contributed by atoms with E-state index in [9.17, 15) is 10.1 Å². The van der Waals surface area contributed by atoms with E-state index in [0.29, 0.717) is 5.57 Å². The number of hydrogen-bond acceptors (Lipinski definition) is 2. The lowest BCUT2D eigenvalue weighted by molar-refractivity contribution is -0.116. The van der Waals surface area contributed by atoms with Crippen LogP contribution in [0.4, 0.5) is 0 Å². The van der Waals surface area contributed by atoms with Gasteiger partial charge in [-0.3, -0.25) is 4.79 Å². The molecule has 0 saturated carbocycles. The van der Waals surface area contributed by atoms with Gasteiger partial charge < -0.3 is 0 Å². The second-order valence-corrected chi connectivity index (χ2v) is 6.04. The molecule has 0 amide bonds. The molecule has 0 bridgehead atoms. The van der Waals surface area contributed by atoms with Crippen LogP contribution in [0, 0.1) is 11.3 Å². The van der Waals surface area contributed by atoms with Gasteiger partial charge in [0, 0.05) is 11.1 Å². The van der Waals surface area contributed by atoms with E-state index in [1.807, 2.05) is 91.0 Å². The number of benzene rings is 3. The number of allylic oxidation sites excluding steroid dienone is 2. The van der Waals surface area contributed by atoms with Crippen molar-refractivity contribution < 1.29 is 4.79 Å². The van der Waals surface area contributed by atoms with E-state index >= 15 is 0 Å². The van der Waals surface area contributed by atoms with Gasteiger partial charge in [-0.1, -0.05) is 91.0 Å². The summed E-state index contributed by atoms with van der Waals surface area (Å²) in [6, 6.07) is 30.9. The van der Waals surface area contributed by atoms with Crippen LogP contribution in [0.3, 0.4) is 0 Å². The average Bonchev–Trinajstić information content (AvgIpc) is 2.69. The number of nitrogens with zero attached hydrogens (tertiary/aromatic N) is 1. The van der Waals surface area contributed by atoms with Gasteiger partial charge in [0.05, 0.1) is 6.07 Å². The van der Waals surface area contributed by atoms with Gasteiger partial charge in [-0.25, -0.2) is 0 Å². The lowest BCUT2D eigenvalue weighted by Gasteiger charge is -2.40. The summed E-state index contributed by atoms with van der Waals surface area (Å²) in [6.07, 6.45) is 0. The standard InChI is InChI=1S/C23H15NO/c24-16-23(19-14-8-3-9-15-19)21(18-12-6-2-7-13-18)20(22(23)25)17-10-4-1-5-11-17/h1-15H. The highest BCUT2D eigenvalue weighted by molar-refractivity contribution is 6.46. The average molecular weight is 321 g/mol. The molecule has 1 aliphatic rings. The lowest BCUT2D eigenvalue weighted by Crippen LogP contribution is -2.45. The Balaban J connectivity index is 2.03. The molecule has 3 aromatic carbocycles. The number of carbonyl (C=O) groups excluding carboxylic acids is 1. The highest BCUT2D eigenvalue weighted by Gasteiger charge is 2.56. The first-order chi connectivity index (χ1) is 12.3. The van der Waals surface area contributed by atoms with Gasteiger partial charge in [0.15, 0.2) is 11.2 Å². The summed E-state index contributed by atoms with van der Waals surface area (Å²) in [6.45, 7) is 0. The van der Waals surface area contributed by atoms with Crippen molar-refractivity contribution in [3.8, 4) is 6.07 Å². The normalized spacial score (nSPS) is 19.2. The summed E-state index contributed by atoms with van der Waals surface area (Å²) in [5.41, 5.74) is 2.67. The van der Waals surface area contributed by atoms with Crippen LogP contribution in [0.25, 0.3) is 11.1 Å². The van der Waals surface area contributed by atoms with Gasteiger partial charge in [0.2, 0.25) is 0 Å². The second kappa shape index (κ2) is 5.89. The van der Waals surface area contributed by atoms with Gasteiger partial charge in [-0.15, -0.1) is 0 Å². The molecule has 0 radical (unpaired) electrons. The fourth-order valence-corrected chi connectivity index (χ4v) is 3.52. The molecule has 0 heterocycles. The maximum atomic E-state index is 13.2. The van der Waals surface area contributed by atoms with Crippen LogP contribution in [0.5, 0.6) is 0 Å². The summed E-state index contributed by atoms with van der Waals surface area (Å²) in [4.78, 5) is 13.2. The minimum absolute atomic E-state index is 0.133. The van der Waals surface area contributed by atoms with Gasteiger partial charge in [0.1, 0.15) is 0 Å². The van der Waals surface area contributed by atoms with Gasteiger partial charge in [-0.05, 0) is 16.7 Å². The smallest absolute Gasteiger partial charge is 0.193 e. The zero-order chi connectivity index (χ0) is 17.3. The van der Waals surface area contributed by atoms with Crippen molar-refractivity contribution in [2.24, 2.45) is 0 Å². The Hall–Kier alpha value is -3.44. The number of Topliss-reactive ketones (excluding diaryl/α,β-unsaturated/α-hetero) is 1. The number of carbonyl (C=O) groups is 1. The molecule has 0 fully saturated rings. The van der Waals surface area contributed by atoms with Gasteiger partial charge in [0.25, 0.3) is 0 Å². The van der Waals surface area contributed by atoms with E-state index in [1.54, 1.807) is 0 Å². The zero-order valence-corrected chi connectivity index (χ0v) is 13.5. The van der Waals surface area contributed by atoms with E-state index in [4.69, 9.17) is 0 Å². The quantitative estimate of drug-likeness (QED) is 0.705. The van der Waals surface area contributed by atoms with E-state index < -0.39 is 5.41 Å². The summed E-state index contributed by atoms with van der Waals surface area (Å²) < 4.78 is 0. The summed E-state index contributed by atoms with van der Waals surface area (Å²) >= 11 is 0. The summed E-state index contributed by atoms with van der Waals surface area (Å²) in [7, 11) is 0. The summed E-state index contributed by atoms with van der Waals surface area (Å²) in [5.74, 6) is -0.133. The number of ketones is 1. The third-order valence-electron chi connectivity index (χ3n) is 4.69. The zero-order valence-electron chi connectivity index (χ0n) is 13.5. The SMILES string of the molecule is N#CC1(c2ccccc2)C(=O)C(c2ccccc2)=C1c1ccccc1. The molecular formula is C23H15NO. The van der Waals surface area contributed by atoms with E-state index in [1.165, 1.54) is 0 Å². The third-order valence-corrected chi connectivity index (χ3v) is 4.69. The Morgan fingerprint density at radius 2 is 1.16 bits per heavy atom. The minimum Gasteiger partial charge on any atom is -0.292 e. The Morgan fingerprint density at radius 1 is 0.680 bits per heavy atom. The molecule has 118 valence electrons. The number of nitriles is 1. The topological polar surface area (TPSA) is 40.9 Å². The Bertz CT molecular complexity index is 998. The van der Waals surface area contributed by atoms with Crippen molar-refractivity contribution in [1.82, 2.24) is 0 Å². The van der Waals surface area contributed by atoms with Crippen molar-refractivity contribution in [2.75, 3.05) is 0 Å². The molecule has 2 nitrogen and oxygen atoms in total. The molecular weight excluding hydrogens is 306 g/mol. The first kappa shape index (κ1) is 15.1. The Morgan fingerprint density at radius 3 is 1.68 bits per heavy atom. The van der Waals surface area contributed by atoms with Crippen molar-refractivity contribution in [3.05, 3.63) is 108 Å². The van der Waals surface area contributed by atoms with Crippen LogP contribution in [-0.4, -0.2) is 5.78 Å². The van der Waals surface area contributed by atoms with Crippen molar-refractivity contribution in [2.45, 2.75) is 5.41 Å².